The van der Waals surface area contributed by atoms with Crippen molar-refractivity contribution in [2.75, 3.05) is 13.9 Å². The van der Waals surface area contributed by atoms with Crippen LogP contribution in [-0.4, -0.2) is 34.0 Å². The number of nitrogens with zero attached hydrogens (tertiary/aromatic N) is 1. The predicted molar refractivity (Wildman–Crippen MR) is 106 cm³/mol. The molecule has 0 saturated heterocycles. The highest BCUT2D eigenvalue weighted by Gasteiger charge is 2.17. The Morgan fingerprint density at radius 1 is 1.10 bits per heavy atom. The van der Waals surface area contributed by atoms with Gasteiger partial charge < -0.3 is 14.2 Å². The van der Waals surface area contributed by atoms with Crippen LogP contribution in [0.4, 0.5) is 0 Å². The largest absolute Gasteiger partial charge is 0.469 e. The van der Waals surface area contributed by atoms with Crippen LogP contribution >= 0.6 is 0 Å². The molecule has 0 bridgehead atoms. The maximum absolute atomic E-state index is 12.6. The van der Waals surface area contributed by atoms with Gasteiger partial charge in [0.15, 0.2) is 11.5 Å². The van der Waals surface area contributed by atoms with Gasteiger partial charge in [-0.2, -0.15) is 18.4 Å². The van der Waals surface area contributed by atoms with Crippen LogP contribution in [0.25, 0.3) is 0 Å². The molecule has 0 aromatic heterocycles. The summed E-state index contributed by atoms with van der Waals surface area (Å²) in [7, 11) is -2.50. The molecule has 0 unspecified atom stereocenters. The van der Waals surface area contributed by atoms with Crippen LogP contribution < -0.4 is 14.3 Å². The van der Waals surface area contributed by atoms with Gasteiger partial charge >= 0.3 is 5.97 Å². The van der Waals surface area contributed by atoms with Crippen LogP contribution in [-0.2, 0) is 19.6 Å². The van der Waals surface area contributed by atoms with E-state index in [4.69, 9.17) is 9.47 Å². The number of rotatable bonds is 8. The first-order valence-electron chi connectivity index (χ1n) is 9.01. The lowest BCUT2D eigenvalue weighted by Gasteiger charge is -2.10. The van der Waals surface area contributed by atoms with E-state index in [0.29, 0.717) is 35.6 Å². The van der Waals surface area contributed by atoms with Crippen molar-refractivity contribution < 1.29 is 27.4 Å². The van der Waals surface area contributed by atoms with Crippen molar-refractivity contribution in [3.63, 3.8) is 0 Å². The van der Waals surface area contributed by atoms with E-state index >= 15 is 0 Å². The van der Waals surface area contributed by atoms with Crippen LogP contribution in [0.2, 0.25) is 0 Å². The van der Waals surface area contributed by atoms with E-state index in [9.17, 15) is 13.2 Å². The topological polar surface area (TPSA) is 103 Å². The average molecular weight is 418 g/mol. The monoisotopic (exact) mass is 418 g/mol. The molecule has 2 aromatic rings. The Balaban J connectivity index is 1.83. The smallest absolute Gasteiger partial charge is 0.305 e. The number of benzene rings is 2. The van der Waals surface area contributed by atoms with Gasteiger partial charge in [0.25, 0.3) is 10.0 Å². The molecule has 0 radical (unpaired) electrons. The van der Waals surface area contributed by atoms with Gasteiger partial charge in [-0.3, -0.25) is 4.79 Å². The number of hydrogen-bond acceptors (Lipinski definition) is 7. The summed E-state index contributed by atoms with van der Waals surface area (Å²) in [6.45, 7) is 2.01. The van der Waals surface area contributed by atoms with Crippen LogP contribution in [0.5, 0.6) is 11.5 Å². The highest BCUT2D eigenvalue weighted by Crippen LogP contribution is 2.33. The number of fused-ring (bicyclic) bond motifs is 1. The minimum absolute atomic E-state index is 0.117. The van der Waals surface area contributed by atoms with E-state index in [-0.39, 0.29) is 24.1 Å². The number of aryl methyl sites for hydroxylation is 1. The standard InChI is InChI=1S/C20H22N2O6S/c1-14-6-9-16(10-7-14)29(24,25)22-21-17(4-3-5-20(23)26-2)15-8-11-18-19(12-15)28-13-27-18/h6-12,22H,3-5,13H2,1-2H3/b21-17-. The number of ether oxygens (including phenoxy) is 3. The summed E-state index contributed by atoms with van der Waals surface area (Å²) in [5.74, 6) is 0.836. The van der Waals surface area contributed by atoms with E-state index in [1.165, 1.54) is 19.2 Å². The van der Waals surface area contributed by atoms with E-state index in [0.717, 1.165) is 5.56 Å². The maximum atomic E-state index is 12.6. The molecule has 0 aliphatic carbocycles. The predicted octanol–water partition coefficient (Wildman–Crippen LogP) is 2.75. The van der Waals surface area contributed by atoms with E-state index in [2.05, 4.69) is 14.7 Å². The molecule has 0 fully saturated rings. The summed E-state index contributed by atoms with van der Waals surface area (Å²) >= 11 is 0. The van der Waals surface area contributed by atoms with Crippen molar-refractivity contribution in [2.24, 2.45) is 5.10 Å². The number of nitrogens with one attached hydrogen (secondary N) is 1. The zero-order chi connectivity index (χ0) is 20.9. The molecule has 0 spiro atoms. The van der Waals surface area contributed by atoms with Crippen LogP contribution in [0.15, 0.2) is 52.5 Å². The second kappa shape index (κ2) is 8.95. The highest BCUT2D eigenvalue weighted by atomic mass is 32.2. The fraction of sp³-hybridized carbons (Fsp3) is 0.300. The Hall–Kier alpha value is -3.07. The molecular weight excluding hydrogens is 396 g/mol. The molecule has 1 heterocycles. The van der Waals surface area contributed by atoms with Gasteiger partial charge in [-0.1, -0.05) is 17.7 Å². The molecule has 154 valence electrons. The molecule has 8 nitrogen and oxygen atoms in total. The summed E-state index contributed by atoms with van der Waals surface area (Å²) in [4.78, 5) is 13.8. The Labute approximate surface area is 169 Å². The first-order valence-corrected chi connectivity index (χ1v) is 10.5. The molecule has 0 atom stereocenters. The van der Waals surface area contributed by atoms with Gasteiger partial charge in [-0.25, -0.2) is 0 Å². The Morgan fingerprint density at radius 2 is 1.83 bits per heavy atom. The molecule has 0 amide bonds. The Bertz CT molecular complexity index is 1020. The first kappa shape index (κ1) is 20.7. The summed E-state index contributed by atoms with van der Waals surface area (Å²) in [5.41, 5.74) is 2.10. The van der Waals surface area contributed by atoms with Crippen molar-refractivity contribution >= 4 is 21.7 Å². The summed E-state index contributed by atoms with van der Waals surface area (Å²) in [6.07, 6.45) is 1.02. The third kappa shape index (κ3) is 5.26. The summed E-state index contributed by atoms with van der Waals surface area (Å²) in [5, 5.41) is 4.14. The number of methoxy groups -OCH3 is 1. The second-order valence-electron chi connectivity index (χ2n) is 6.46. The lowest BCUT2D eigenvalue weighted by molar-refractivity contribution is -0.140. The van der Waals surface area contributed by atoms with E-state index in [1.807, 2.05) is 6.92 Å². The zero-order valence-electron chi connectivity index (χ0n) is 16.2. The molecule has 1 aliphatic rings. The van der Waals surface area contributed by atoms with Crippen LogP contribution in [0, 0.1) is 6.92 Å². The lowest BCUT2D eigenvalue weighted by Crippen LogP contribution is -2.21. The highest BCUT2D eigenvalue weighted by molar-refractivity contribution is 7.89. The van der Waals surface area contributed by atoms with Gasteiger partial charge in [0.2, 0.25) is 6.79 Å². The zero-order valence-corrected chi connectivity index (χ0v) is 17.0. The molecular formula is C20H22N2O6S. The Kier molecular flexibility index (Phi) is 6.38. The van der Waals surface area contributed by atoms with Gasteiger partial charge in [-0.05, 0) is 50.1 Å². The fourth-order valence-corrected chi connectivity index (χ4v) is 3.56. The lowest BCUT2D eigenvalue weighted by atomic mass is 10.0. The van der Waals surface area contributed by atoms with Gasteiger partial charge in [-0.15, -0.1) is 0 Å². The molecule has 0 saturated carbocycles. The van der Waals surface area contributed by atoms with Crippen molar-refractivity contribution in [3.8, 4) is 11.5 Å². The quantitative estimate of drug-likeness (QED) is 0.402. The van der Waals surface area contributed by atoms with Crippen molar-refractivity contribution in [1.29, 1.82) is 0 Å². The van der Waals surface area contributed by atoms with Crippen LogP contribution in [0.1, 0.15) is 30.4 Å². The van der Waals surface area contributed by atoms with Crippen molar-refractivity contribution in [2.45, 2.75) is 31.1 Å². The normalized spacial score (nSPS) is 13.2. The molecule has 9 heteroatoms. The Morgan fingerprint density at radius 3 is 2.55 bits per heavy atom. The first-order chi connectivity index (χ1) is 13.9. The number of esters is 1. The number of hydrazone groups is 1. The van der Waals surface area contributed by atoms with Gasteiger partial charge in [0.05, 0.1) is 17.7 Å². The third-order valence-electron chi connectivity index (χ3n) is 4.36. The average Bonchev–Trinajstić information content (AvgIpc) is 3.18. The summed E-state index contributed by atoms with van der Waals surface area (Å²) < 4.78 is 40.5. The third-order valence-corrected chi connectivity index (χ3v) is 5.58. The fourth-order valence-electron chi connectivity index (χ4n) is 2.73. The molecule has 2 aromatic carbocycles. The van der Waals surface area contributed by atoms with Crippen LogP contribution in [0.3, 0.4) is 0 Å². The second-order valence-corrected chi connectivity index (χ2v) is 8.12. The summed E-state index contributed by atoms with van der Waals surface area (Å²) in [6, 6.07) is 11.7. The van der Waals surface area contributed by atoms with Crippen molar-refractivity contribution in [3.05, 3.63) is 53.6 Å². The van der Waals surface area contributed by atoms with E-state index < -0.39 is 10.0 Å². The molecule has 3 rings (SSSR count). The SMILES string of the molecule is COC(=O)CCC/C(=N/NS(=O)(=O)c1ccc(C)cc1)c1ccc2c(c1)OCO2. The van der Waals surface area contributed by atoms with E-state index in [1.54, 1.807) is 30.3 Å². The maximum Gasteiger partial charge on any atom is 0.305 e. The molecule has 1 N–H and O–H groups in total. The van der Waals surface area contributed by atoms with Gasteiger partial charge in [0, 0.05) is 12.0 Å². The number of carbonyl (C=O) groups excluding carboxylic acids is 1. The molecule has 29 heavy (non-hydrogen) atoms. The number of sulfonamides is 1. The number of hydrogen-bond donors (Lipinski definition) is 1. The van der Waals surface area contributed by atoms with Crippen molar-refractivity contribution in [1.82, 2.24) is 4.83 Å². The minimum Gasteiger partial charge on any atom is -0.469 e. The molecule has 1 aliphatic heterocycles. The van der Waals surface area contributed by atoms with Gasteiger partial charge in [0.1, 0.15) is 0 Å². The number of carbonyl (C=O) groups is 1. The minimum atomic E-state index is -3.82.